The first-order valence-electron chi connectivity index (χ1n) is 5.61. The largest absolute Gasteiger partial charge is 0.384 e. The van der Waals surface area contributed by atoms with Crippen LogP contribution in [0.4, 0.5) is 14.6 Å². The zero-order chi connectivity index (χ0) is 13.3. The Balaban J connectivity index is 2.58. The van der Waals surface area contributed by atoms with Gasteiger partial charge in [-0.05, 0) is 26.0 Å². The van der Waals surface area contributed by atoms with Gasteiger partial charge in [-0.15, -0.1) is 0 Å². The average Bonchev–Trinajstić information content (AvgIpc) is 2.71. The summed E-state index contributed by atoms with van der Waals surface area (Å²) in [6, 6.07) is 3.26. The molecule has 2 N–H and O–H groups in total. The summed E-state index contributed by atoms with van der Waals surface area (Å²) in [6.07, 6.45) is -1.19. The summed E-state index contributed by atoms with van der Waals surface area (Å²) in [5.41, 5.74) is 7.06. The van der Waals surface area contributed by atoms with E-state index in [0.717, 1.165) is 0 Å². The number of aromatic nitrogens is 3. The highest BCUT2D eigenvalue weighted by atomic mass is 19.3. The monoisotopic (exact) mass is 252 g/mol. The van der Waals surface area contributed by atoms with Gasteiger partial charge in [0.05, 0.1) is 5.56 Å². The van der Waals surface area contributed by atoms with Gasteiger partial charge in [-0.1, -0.05) is 0 Å². The molecule has 0 unspecified atom stereocenters. The van der Waals surface area contributed by atoms with Crippen LogP contribution in [0.5, 0.6) is 0 Å². The number of nitrogens with two attached hydrogens (primary N) is 1. The van der Waals surface area contributed by atoms with Crippen molar-refractivity contribution in [2.45, 2.75) is 26.8 Å². The minimum absolute atomic E-state index is 0.0816. The highest BCUT2D eigenvalue weighted by molar-refractivity contribution is 5.66. The Hall–Kier alpha value is -1.98. The summed E-state index contributed by atoms with van der Waals surface area (Å²) in [7, 11) is 0. The predicted octanol–water partition coefficient (Wildman–Crippen LogP) is 2.79. The standard InChI is InChI=1S/C12H14F2N4/c1-3-18-6-9(12(13)14)11(17-18)8-4-7(2)16-10(15)5-8/h4-6,12H,3H2,1-2H3,(H2,15,16). The normalized spacial score (nSPS) is 11.2. The number of rotatable bonds is 3. The van der Waals surface area contributed by atoms with Crippen molar-refractivity contribution in [1.82, 2.24) is 14.8 Å². The predicted molar refractivity (Wildman–Crippen MR) is 65.2 cm³/mol. The lowest BCUT2D eigenvalue weighted by atomic mass is 10.1. The van der Waals surface area contributed by atoms with Crippen molar-refractivity contribution < 1.29 is 8.78 Å². The number of halogens is 2. The molecule has 0 bridgehead atoms. The van der Waals surface area contributed by atoms with Crippen LogP contribution < -0.4 is 5.73 Å². The molecule has 18 heavy (non-hydrogen) atoms. The van der Waals surface area contributed by atoms with Crippen LogP contribution in [0.2, 0.25) is 0 Å². The Morgan fingerprint density at radius 2 is 2.11 bits per heavy atom. The lowest BCUT2D eigenvalue weighted by Gasteiger charge is -2.04. The second-order valence-electron chi connectivity index (χ2n) is 4.01. The summed E-state index contributed by atoms with van der Waals surface area (Å²) in [5.74, 6) is 0.302. The number of alkyl halides is 2. The smallest absolute Gasteiger partial charge is 0.267 e. The van der Waals surface area contributed by atoms with Crippen molar-refractivity contribution >= 4 is 5.82 Å². The Kier molecular flexibility index (Phi) is 3.27. The molecule has 2 heterocycles. The molecule has 0 spiro atoms. The molecule has 6 heteroatoms. The molecule has 96 valence electrons. The van der Waals surface area contributed by atoms with Crippen LogP contribution in [-0.2, 0) is 6.54 Å². The summed E-state index contributed by atoms with van der Waals surface area (Å²) >= 11 is 0. The van der Waals surface area contributed by atoms with Gasteiger partial charge >= 0.3 is 0 Å². The van der Waals surface area contributed by atoms with Gasteiger partial charge in [-0.2, -0.15) is 5.10 Å². The Labute approximate surface area is 103 Å². The van der Waals surface area contributed by atoms with E-state index in [2.05, 4.69) is 10.1 Å². The van der Waals surface area contributed by atoms with Crippen LogP contribution in [-0.4, -0.2) is 14.8 Å². The van der Waals surface area contributed by atoms with E-state index in [1.54, 1.807) is 19.1 Å². The van der Waals surface area contributed by atoms with Crippen LogP contribution in [0.1, 0.15) is 24.6 Å². The van der Waals surface area contributed by atoms with Crippen molar-refractivity contribution in [3.63, 3.8) is 0 Å². The number of nitrogens with zero attached hydrogens (tertiary/aromatic N) is 3. The van der Waals surface area contributed by atoms with Crippen molar-refractivity contribution in [2.24, 2.45) is 0 Å². The first kappa shape index (κ1) is 12.5. The van der Waals surface area contributed by atoms with Gasteiger partial charge in [-0.3, -0.25) is 4.68 Å². The number of anilines is 1. The van der Waals surface area contributed by atoms with Crippen LogP contribution in [0.15, 0.2) is 18.3 Å². The summed E-state index contributed by atoms with van der Waals surface area (Å²) in [4.78, 5) is 4.02. The number of aryl methyl sites for hydroxylation is 2. The van der Waals surface area contributed by atoms with E-state index in [0.29, 0.717) is 23.6 Å². The van der Waals surface area contributed by atoms with Crippen LogP contribution >= 0.6 is 0 Å². The first-order chi connectivity index (χ1) is 8.51. The number of pyridine rings is 1. The van der Waals surface area contributed by atoms with Crippen LogP contribution in [0.25, 0.3) is 11.3 Å². The summed E-state index contributed by atoms with van der Waals surface area (Å²) in [6.45, 7) is 4.15. The van der Waals surface area contributed by atoms with E-state index in [-0.39, 0.29) is 11.3 Å². The lowest BCUT2D eigenvalue weighted by Crippen LogP contribution is -1.96. The summed E-state index contributed by atoms with van der Waals surface area (Å²) in [5, 5.41) is 4.16. The van der Waals surface area contributed by atoms with Gasteiger partial charge in [-0.25, -0.2) is 13.8 Å². The number of nitrogen functional groups attached to an aromatic ring is 1. The Bertz CT molecular complexity index is 543. The van der Waals surface area contributed by atoms with Crippen LogP contribution in [0, 0.1) is 6.92 Å². The molecule has 4 nitrogen and oxygen atoms in total. The van der Waals surface area contributed by atoms with E-state index in [4.69, 9.17) is 5.73 Å². The molecular weight excluding hydrogens is 238 g/mol. The molecule has 0 aliphatic carbocycles. The molecule has 0 amide bonds. The molecule has 2 aromatic rings. The zero-order valence-corrected chi connectivity index (χ0v) is 10.2. The average molecular weight is 252 g/mol. The third-order valence-electron chi connectivity index (χ3n) is 2.60. The fourth-order valence-corrected chi connectivity index (χ4v) is 1.81. The van der Waals surface area contributed by atoms with Crippen molar-refractivity contribution in [2.75, 3.05) is 5.73 Å². The maximum Gasteiger partial charge on any atom is 0.267 e. The van der Waals surface area contributed by atoms with E-state index in [1.807, 2.05) is 6.92 Å². The molecule has 0 aliphatic rings. The van der Waals surface area contributed by atoms with Gasteiger partial charge in [0, 0.05) is 24.0 Å². The molecule has 0 saturated heterocycles. The topological polar surface area (TPSA) is 56.7 Å². The third-order valence-corrected chi connectivity index (χ3v) is 2.60. The number of hydrogen-bond acceptors (Lipinski definition) is 3. The molecule has 0 radical (unpaired) electrons. The highest BCUT2D eigenvalue weighted by Gasteiger charge is 2.19. The maximum absolute atomic E-state index is 13.0. The number of hydrogen-bond donors (Lipinski definition) is 1. The molecule has 0 atom stereocenters. The molecule has 0 aliphatic heterocycles. The van der Waals surface area contributed by atoms with Gasteiger partial charge in [0.15, 0.2) is 0 Å². The van der Waals surface area contributed by atoms with Gasteiger partial charge < -0.3 is 5.73 Å². The molecule has 0 fully saturated rings. The Morgan fingerprint density at radius 3 is 2.67 bits per heavy atom. The van der Waals surface area contributed by atoms with Crippen LogP contribution in [0.3, 0.4) is 0 Å². The van der Waals surface area contributed by atoms with Crippen molar-refractivity contribution in [1.29, 1.82) is 0 Å². The summed E-state index contributed by atoms with van der Waals surface area (Å²) < 4.78 is 27.4. The van der Waals surface area contributed by atoms with Crippen molar-refractivity contribution in [3.05, 3.63) is 29.6 Å². The zero-order valence-electron chi connectivity index (χ0n) is 10.2. The van der Waals surface area contributed by atoms with Crippen molar-refractivity contribution in [3.8, 4) is 11.3 Å². The maximum atomic E-state index is 13.0. The van der Waals surface area contributed by atoms with E-state index < -0.39 is 6.43 Å². The highest BCUT2D eigenvalue weighted by Crippen LogP contribution is 2.30. The molecular formula is C12H14F2N4. The fraction of sp³-hybridized carbons (Fsp3) is 0.333. The minimum atomic E-state index is -2.56. The second-order valence-corrected chi connectivity index (χ2v) is 4.01. The van der Waals surface area contributed by atoms with E-state index in [9.17, 15) is 8.78 Å². The van der Waals surface area contributed by atoms with E-state index >= 15 is 0 Å². The minimum Gasteiger partial charge on any atom is -0.384 e. The second kappa shape index (κ2) is 4.72. The first-order valence-corrected chi connectivity index (χ1v) is 5.61. The Morgan fingerprint density at radius 1 is 1.39 bits per heavy atom. The van der Waals surface area contributed by atoms with Gasteiger partial charge in [0.1, 0.15) is 11.5 Å². The van der Waals surface area contributed by atoms with Gasteiger partial charge in [0.25, 0.3) is 6.43 Å². The quantitative estimate of drug-likeness (QED) is 0.913. The van der Waals surface area contributed by atoms with E-state index in [1.165, 1.54) is 10.9 Å². The fourth-order valence-electron chi connectivity index (χ4n) is 1.81. The third kappa shape index (κ3) is 2.32. The lowest BCUT2D eigenvalue weighted by molar-refractivity contribution is 0.152. The molecule has 0 aromatic carbocycles. The molecule has 2 rings (SSSR count). The molecule has 2 aromatic heterocycles. The van der Waals surface area contributed by atoms with Gasteiger partial charge in [0.2, 0.25) is 0 Å². The SMILES string of the molecule is CCn1cc(C(F)F)c(-c2cc(C)nc(N)c2)n1. The molecule has 0 saturated carbocycles.